The molecule has 0 saturated carbocycles. The summed E-state index contributed by atoms with van der Waals surface area (Å²) < 4.78 is 6.36. The van der Waals surface area contributed by atoms with Crippen LogP contribution in [0.2, 0.25) is 10.0 Å². The first-order chi connectivity index (χ1) is 10.0. The Bertz CT molecular complexity index is 693. The van der Waals surface area contributed by atoms with Gasteiger partial charge in [-0.25, -0.2) is 0 Å². The van der Waals surface area contributed by atoms with Gasteiger partial charge < -0.3 is 15.7 Å². The van der Waals surface area contributed by atoms with Crippen molar-refractivity contribution in [1.82, 2.24) is 0 Å². The maximum absolute atomic E-state index is 8.79. The van der Waals surface area contributed by atoms with E-state index in [1.165, 1.54) is 0 Å². The molecule has 0 fully saturated rings. The third-order valence-corrected chi connectivity index (χ3v) is 4.25. The van der Waals surface area contributed by atoms with Crippen molar-refractivity contribution in [3.63, 3.8) is 0 Å². The molecule has 2 aromatic rings. The van der Waals surface area contributed by atoms with Gasteiger partial charge in [-0.05, 0) is 22.0 Å². The van der Waals surface area contributed by atoms with Gasteiger partial charge in [0, 0.05) is 21.7 Å². The highest BCUT2D eigenvalue weighted by Crippen LogP contribution is 2.34. The van der Waals surface area contributed by atoms with Gasteiger partial charge in [-0.3, -0.25) is 0 Å². The Morgan fingerprint density at radius 3 is 2.67 bits per heavy atom. The third kappa shape index (κ3) is 3.81. The third-order valence-electron chi connectivity index (χ3n) is 2.76. The van der Waals surface area contributed by atoms with E-state index in [2.05, 4.69) is 21.1 Å². The minimum Gasteiger partial charge on any atom is -0.487 e. The standard InChI is InChI=1S/C14H11BrCl2N2O2/c15-10-5-12(17)13(6-11(10)16)21-7-8-3-1-2-4-9(8)14(18)19-20/h1-6,20H,7H2,(H2,18,19). The number of amidine groups is 1. The number of hydrogen-bond acceptors (Lipinski definition) is 3. The SMILES string of the molecule is N/C(=N/O)c1ccccc1COc1cc(Cl)c(Br)cc1Cl. The highest BCUT2D eigenvalue weighted by Gasteiger charge is 2.10. The lowest BCUT2D eigenvalue weighted by atomic mass is 10.1. The second-order valence-corrected chi connectivity index (χ2v) is 5.80. The summed E-state index contributed by atoms with van der Waals surface area (Å²) in [7, 11) is 0. The summed E-state index contributed by atoms with van der Waals surface area (Å²) in [6, 6.07) is 10.5. The van der Waals surface area contributed by atoms with Crippen molar-refractivity contribution in [1.29, 1.82) is 0 Å². The number of benzene rings is 2. The molecule has 0 amide bonds. The predicted octanol–water partition coefficient (Wildman–Crippen LogP) is 4.43. The van der Waals surface area contributed by atoms with Crippen molar-refractivity contribution >= 4 is 45.0 Å². The van der Waals surface area contributed by atoms with Crippen LogP contribution in [0.4, 0.5) is 0 Å². The zero-order valence-electron chi connectivity index (χ0n) is 10.7. The molecular weight excluding hydrogens is 379 g/mol. The van der Waals surface area contributed by atoms with Gasteiger partial charge in [0.1, 0.15) is 12.4 Å². The van der Waals surface area contributed by atoms with Crippen molar-refractivity contribution in [3.8, 4) is 5.75 Å². The fourth-order valence-electron chi connectivity index (χ4n) is 1.72. The lowest BCUT2D eigenvalue weighted by molar-refractivity contribution is 0.305. The van der Waals surface area contributed by atoms with Crippen molar-refractivity contribution in [3.05, 3.63) is 62.0 Å². The van der Waals surface area contributed by atoms with Crippen LogP contribution in [0, 0.1) is 0 Å². The first kappa shape index (κ1) is 15.9. The second-order valence-electron chi connectivity index (χ2n) is 4.13. The molecule has 0 spiro atoms. The number of rotatable bonds is 4. The molecule has 0 atom stereocenters. The highest BCUT2D eigenvalue weighted by molar-refractivity contribution is 9.10. The van der Waals surface area contributed by atoms with Gasteiger partial charge in [0.15, 0.2) is 5.84 Å². The topological polar surface area (TPSA) is 67.8 Å². The Kier molecular flexibility index (Phi) is 5.33. The quantitative estimate of drug-likeness (QED) is 0.267. The molecule has 0 heterocycles. The van der Waals surface area contributed by atoms with Crippen molar-refractivity contribution < 1.29 is 9.94 Å². The summed E-state index contributed by atoms with van der Waals surface area (Å²) >= 11 is 15.4. The van der Waals surface area contributed by atoms with Gasteiger partial charge in [0.05, 0.1) is 10.0 Å². The average Bonchev–Trinajstić information content (AvgIpc) is 2.49. The Morgan fingerprint density at radius 2 is 1.95 bits per heavy atom. The second kappa shape index (κ2) is 7.02. The van der Waals surface area contributed by atoms with Gasteiger partial charge in [-0.2, -0.15) is 0 Å². The molecule has 110 valence electrons. The number of halogens is 3. The van der Waals surface area contributed by atoms with E-state index >= 15 is 0 Å². The van der Waals surface area contributed by atoms with E-state index in [1.807, 2.05) is 12.1 Å². The lowest BCUT2D eigenvalue weighted by Gasteiger charge is -2.12. The summed E-state index contributed by atoms with van der Waals surface area (Å²) in [6.45, 7) is 0.212. The number of ether oxygens (including phenoxy) is 1. The summed E-state index contributed by atoms with van der Waals surface area (Å²) in [5, 5.41) is 12.7. The minimum absolute atomic E-state index is 0.0223. The molecule has 0 aromatic heterocycles. The van der Waals surface area contributed by atoms with E-state index < -0.39 is 0 Å². The van der Waals surface area contributed by atoms with Gasteiger partial charge >= 0.3 is 0 Å². The zero-order valence-corrected chi connectivity index (χ0v) is 13.8. The summed E-state index contributed by atoms with van der Waals surface area (Å²) in [5.74, 6) is 0.480. The van der Waals surface area contributed by atoms with Crippen LogP contribution >= 0.6 is 39.1 Å². The first-order valence-corrected chi connectivity index (χ1v) is 7.41. The largest absolute Gasteiger partial charge is 0.487 e. The number of hydrogen-bond donors (Lipinski definition) is 2. The Hall–Kier alpha value is -1.43. The smallest absolute Gasteiger partial charge is 0.170 e. The van der Waals surface area contributed by atoms with E-state index in [-0.39, 0.29) is 12.4 Å². The molecule has 2 rings (SSSR count). The molecule has 0 bridgehead atoms. The van der Waals surface area contributed by atoms with Gasteiger partial charge in [-0.1, -0.05) is 52.6 Å². The van der Waals surface area contributed by atoms with E-state index in [4.69, 9.17) is 38.9 Å². The van der Waals surface area contributed by atoms with Crippen LogP contribution in [0.1, 0.15) is 11.1 Å². The Balaban J connectivity index is 2.23. The molecular formula is C14H11BrCl2N2O2. The number of nitrogens with zero attached hydrogens (tertiary/aromatic N) is 1. The Morgan fingerprint density at radius 1 is 1.24 bits per heavy atom. The number of nitrogens with two attached hydrogens (primary N) is 1. The molecule has 0 aliphatic rings. The van der Waals surface area contributed by atoms with E-state index in [0.29, 0.717) is 25.8 Å². The molecule has 0 saturated heterocycles. The molecule has 0 radical (unpaired) electrons. The lowest BCUT2D eigenvalue weighted by Crippen LogP contribution is -2.16. The normalized spacial score (nSPS) is 11.5. The van der Waals surface area contributed by atoms with Gasteiger partial charge in [0.2, 0.25) is 0 Å². The Labute approximate surface area is 140 Å². The maximum atomic E-state index is 8.79. The summed E-state index contributed by atoms with van der Waals surface area (Å²) in [5.41, 5.74) is 6.99. The van der Waals surface area contributed by atoms with Crippen LogP contribution < -0.4 is 10.5 Å². The molecule has 2 aromatic carbocycles. The van der Waals surface area contributed by atoms with Gasteiger partial charge in [0.25, 0.3) is 0 Å². The first-order valence-electron chi connectivity index (χ1n) is 5.86. The van der Waals surface area contributed by atoms with Crippen LogP contribution in [0.3, 0.4) is 0 Å². The van der Waals surface area contributed by atoms with Crippen LogP contribution in [0.15, 0.2) is 46.0 Å². The fraction of sp³-hybridized carbons (Fsp3) is 0.0714. The van der Waals surface area contributed by atoms with Crippen LogP contribution in [-0.2, 0) is 6.61 Å². The molecule has 0 aliphatic carbocycles. The van der Waals surface area contributed by atoms with Crippen molar-refractivity contribution in [2.24, 2.45) is 10.9 Å². The maximum Gasteiger partial charge on any atom is 0.170 e. The predicted molar refractivity (Wildman–Crippen MR) is 87.4 cm³/mol. The van der Waals surface area contributed by atoms with E-state index in [9.17, 15) is 0 Å². The summed E-state index contributed by atoms with van der Waals surface area (Å²) in [4.78, 5) is 0. The monoisotopic (exact) mass is 388 g/mol. The minimum atomic E-state index is 0.0223. The van der Waals surface area contributed by atoms with Gasteiger partial charge in [-0.15, -0.1) is 0 Å². The van der Waals surface area contributed by atoms with Crippen LogP contribution in [-0.4, -0.2) is 11.0 Å². The zero-order chi connectivity index (χ0) is 15.4. The summed E-state index contributed by atoms with van der Waals surface area (Å²) in [6.07, 6.45) is 0. The molecule has 21 heavy (non-hydrogen) atoms. The molecule has 7 heteroatoms. The fourth-order valence-corrected chi connectivity index (χ4v) is 2.57. The average molecular weight is 390 g/mol. The highest BCUT2D eigenvalue weighted by atomic mass is 79.9. The van der Waals surface area contributed by atoms with E-state index in [0.717, 1.165) is 5.56 Å². The van der Waals surface area contributed by atoms with Crippen molar-refractivity contribution in [2.45, 2.75) is 6.61 Å². The van der Waals surface area contributed by atoms with E-state index in [1.54, 1.807) is 24.3 Å². The van der Waals surface area contributed by atoms with Crippen LogP contribution in [0.25, 0.3) is 0 Å². The number of oxime groups is 1. The molecule has 4 nitrogen and oxygen atoms in total. The molecule has 0 unspecified atom stereocenters. The molecule has 0 aliphatic heterocycles. The van der Waals surface area contributed by atoms with Crippen LogP contribution in [0.5, 0.6) is 5.75 Å². The van der Waals surface area contributed by atoms with Crippen molar-refractivity contribution in [2.75, 3.05) is 0 Å². The molecule has 3 N–H and O–H groups in total.